The Hall–Kier alpha value is -1.12. The molecule has 0 spiro atoms. The first-order valence-electron chi connectivity index (χ1n) is 25.4. The fraction of sp³-hybridized carbons (Fsp3) is 0.857. The van der Waals surface area contributed by atoms with Crippen molar-refractivity contribution >= 4 is 0 Å². The molecule has 2 N–H and O–H groups in total. The van der Waals surface area contributed by atoms with Crippen LogP contribution in [0.3, 0.4) is 0 Å². The van der Waals surface area contributed by atoms with Crippen LogP contribution < -0.4 is 0 Å². The van der Waals surface area contributed by atoms with Gasteiger partial charge in [-0.2, -0.15) is 0 Å². The highest BCUT2D eigenvalue weighted by molar-refractivity contribution is 5.27. The first-order chi connectivity index (χ1) is 27.3. The maximum Gasteiger partial charge on any atom is 0.0577 e. The van der Waals surface area contributed by atoms with Crippen molar-refractivity contribution in [2.75, 3.05) is 0 Å². The molecule has 8 aliphatic rings. The van der Waals surface area contributed by atoms with Gasteiger partial charge in [-0.15, -0.1) is 0 Å². The van der Waals surface area contributed by atoms with Gasteiger partial charge < -0.3 is 10.2 Å². The van der Waals surface area contributed by atoms with Crippen LogP contribution in [0.4, 0.5) is 0 Å². The van der Waals surface area contributed by atoms with E-state index in [2.05, 4.69) is 94.5 Å². The Morgan fingerprint density at radius 1 is 0.552 bits per heavy atom. The molecular formula is C56H92O2. The minimum Gasteiger partial charge on any atom is -0.393 e. The summed E-state index contributed by atoms with van der Waals surface area (Å²) in [6.45, 7) is 33.4. The van der Waals surface area contributed by atoms with E-state index in [1.165, 1.54) is 114 Å². The minimum absolute atomic E-state index is 0.0861. The monoisotopic (exact) mass is 797 g/mol. The molecule has 8 rings (SSSR count). The van der Waals surface area contributed by atoms with E-state index in [0.29, 0.717) is 33.5 Å². The average Bonchev–Trinajstić information content (AvgIpc) is 3.73. The summed E-state index contributed by atoms with van der Waals surface area (Å²) in [5.41, 5.74) is 7.96. The highest BCUT2D eigenvalue weighted by atomic mass is 16.3. The standard InChI is InChI=1S/2C28H46O/c2*1-18(2)19(3)7-8-20(4)24-11-12-25-23-10-9-21-17-22(29)13-15-27(21,5)26(23)14-16-28(24,25)6/h2*9,18,20,22-26,29H,3,7-8,10-17H2,1-2,4-6H3/t2*20-,22+,23+,24-,25+,26+,27+,28-/m11/s1. The molecular weight excluding hydrogens is 705 g/mol. The van der Waals surface area contributed by atoms with Gasteiger partial charge in [-0.1, -0.05) is 117 Å². The quantitative estimate of drug-likeness (QED) is 0.216. The highest BCUT2D eigenvalue weighted by Gasteiger charge is 2.60. The molecule has 8 aliphatic carbocycles. The second-order valence-electron chi connectivity index (χ2n) is 24.4. The summed E-state index contributed by atoms with van der Waals surface area (Å²) in [7, 11) is 0. The lowest BCUT2D eigenvalue weighted by molar-refractivity contribution is -0.0571. The largest absolute Gasteiger partial charge is 0.393 e. The molecule has 0 saturated heterocycles. The van der Waals surface area contributed by atoms with Crippen LogP contribution in [-0.2, 0) is 0 Å². The summed E-state index contributed by atoms with van der Waals surface area (Å²) in [4.78, 5) is 0. The van der Waals surface area contributed by atoms with E-state index in [1.54, 1.807) is 11.1 Å². The molecule has 0 amide bonds. The number of fused-ring (bicyclic) bond motifs is 10. The SMILES string of the molecule is C=C(CC[C@@H](C)[C@H]1CC[C@H]2[C@@H]3CC=C4C[C@@H](O)CC[C@]4(C)[C@H]3CC[C@]12C)C(C)C.C=C(CC[C@@H](C)[C@H]1CC[C@H]2[C@@H]3CC=C4C[C@@H](O)CC[C@]4(C)[C@H]3CC[C@]12C)C(C)C. The lowest BCUT2D eigenvalue weighted by atomic mass is 9.47. The van der Waals surface area contributed by atoms with Crippen LogP contribution >= 0.6 is 0 Å². The van der Waals surface area contributed by atoms with Crippen LogP contribution in [0.15, 0.2) is 47.6 Å². The fourth-order valence-electron chi connectivity index (χ4n) is 17.0. The first-order valence-corrected chi connectivity index (χ1v) is 25.4. The van der Waals surface area contributed by atoms with Gasteiger partial charge in [0.1, 0.15) is 0 Å². The minimum atomic E-state index is -0.0861. The van der Waals surface area contributed by atoms with Crippen molar-refractivity contribution in [1.82, 2.24) is 0 Å². The normalized spacial score (nSPS) is 45.2. The van der Waals surface area contributed by atoms with Crippen LogP contribution in [0.25, 0.3) is 0 Å². The molecule has 6 saturated carbocycles. The second-order valence-corrected chi connectivity index (χ2v) is 24.4. The maximum atomic E-state index is 10.2. The molecule has 0 aromatic carbocycles. The zero-order chi connectivity index (χ0) is 41.9. The van der Waals surface area contributed by atoms with Gasteiger partial charge in [0.05, 0.1) is 12.2 Å². The number of aliphatic hydroxyl groups excluding tert-OH is 2. The van der Waals surface area contributed by atoms with Gasteiger partial charge in [0, 0.05) is 0 Å². The summed E-state index contributed by atoms with van der Waals surface area (Å²) < 4.78 is 0. The lowest BCUT2D eigenvalue weighted by Crippen LogP contribution is -2.50. The third kappa shape index (κ3) is 8.03. The van der Waals surface area contributed by atoms with Gasteiger partial charge in [-0.25, -0.2) is 0 Å². The molecule has 6 fully saturated rings. The van der Waals surface area contributed by atoms with E-state index in [0.717, 1.165) is 84.9 Å². The van der Waals surface area contributed by atoms with Crippen molar-refractivity contribution in [2.24, 2.45) is 92.7 Å². The number of aliphatic hydroxyl groups is 2. The molecule has 0 bridgehead atoms. The van der Waals surface area contributed by atoms with Crippen molar-refractivity contribution in [3.05, 3.63) is 47.6 Å². The zero-order valence-corrected chi connectivity index (χ0v) is 39.7. The Morgan fingerprint density at radius 2 is 0.931 bits per heavy atom. The Balaban J connectivity index is 0.000000177. The maximum absolute atomic E-state index is 10.2. The van der Waals surface area contributed by atoms with E-state index in [-0.39, 0.29) is 12.2 Å². The van der Waals surface area contributed by atoms with Gasteiger partial charge >= 0.3 is 0 Å². The molecule has 0 aromatic rings. The van der Waals surface area contributed by atoms with Crippen LogP contribution in [0.2, 0.25) is 0 Å². The Kier molecular flexibility index (Phi) is 13.3. The highest BCUT2D eigenvalue weighted by Crippen LogP contribution is 2.69. The average molecular weight is 797 g/mol. The number of hydrogen-bond donors (Lipinski definition) is 2. The van der Waals surface area contributed by atoms with Gasteiger partial charge in [-0.3, -0.25) is 0 Å². The van der Waals surface area contributed by atoms with E-state index in [1.807, 2.05) is 0 Å². The molecule has 328 valence electrons. The van der Waals surface area contributed by atoms with E-state index in [9.17, 15) is 10.2 Å². The fourth-order valence-corrected chi connectivity index (χ4v) is 17.0. The number of hydrogen-bond acceptors (Lipinski definition) is 2. The van der Waals surface area contributed by atoms with E-state index < -0.39 is 0 Å². The van der Waals surface area contributed by atoms with Gasteiger partial charge in [-0.05, 0) is 221 Å². The van der Waals surface area contributed by atoms with E-state index >= 15 is 0 Å². The molecule has 0 aliphatic heterocycles. The van der Waals surface area contributed by atoms with E-state index in [4.69, 9.17) is 0 Å². The molecule has 0 unspecified atom stereocenters. The third-order valence-corrected chi connectivity index (χ3v) is 21.2. The van der Waals surface area contributed by atoms with Crippen molar-refractivity contribution < 1.29 is 10.2 Å². The second kappa shape index (κ2) is 17.2. The van der Waals surface area contributed by atoms with Crippen LogP contribution in [0.5, 0.6) is 0 Å². The van der Waals surface area contributed by atoms with Crippen LogP contribution in [0, 0.1) is 92.7 Å². The smallest absolute Gasteiger partial charge is 0.0577 e. The van der Waals surface area contributed by atoms with Crippen molar-refractivity contribution in [1.29, 1.82) is 0 Å². The molecule has 0 aromatic heterocycles. The van der Waals surface area contributed by atoms with Crippen LogP contribution in [0.1, 0.15) is 198 Å². The topological polar surface area (TPSA) is 40.5 Å². The first kappa shape index (κ1) is 44.9. The summed E-state index contributed by atoms with van der Waals surface area (Å²) in [6, 6.07) is 0. The molecule has 2 heteroatoms. The predicted molar refractivity (Wildman–Crippen MR) is 247 cm³/mol. The lowest BCUT2D eigenvalue weighted by Gasteiger charge is -2.58. The predicted octanol–water partition coefficient (Wildman–Crippen LogP) is 15.1. The molecule has 2 nitrogen and oxygen atoms in total. The summed E-state index contributed by atoms with van der Waals surface area (Å²) in [5.74, 6) is 10.1. The number of rotatable bonds is 10. The Morgan fingerprint density at radius 3 is 1.29 bits per heavy atom. The van der Waals surface area contributed by atoms with Gasteiger partial charge in [0.15, 0.2) is 0 Å². The van der Waals surface area contributed by atoms with Crippen LogP contribution in [-0.4, -0.2) is 22.4 Å². The van der Waals surface area contributed by atoms with Crippen molar-refractivity contribution in [2.45, 2.75) is 210 Å². The molecule has 58 heavy (non-hydrogen) atoms. The molecule has 16 atom stereocenters. The molecule has 0 radical (unpaired) electrons. The molecule has 0 heterocycles. The summed E-state index contributed by atoms with van der Waals surface area (Å²) in [5, 5.41) is 20.4. The van der Waals surface area contributed by atoms with Crippen molar-refractivity contribution in [3.8, 4) is 0 Å². The summed E-state index contributed by atoms with van der Waals surface area (Å²) in [6.07, 6.45) is 30.5. The van der Waals surface area contributed by atoms with Crippen molar-refractivity contribution in [3.63, 3.8) is 0 Å². The van der Waals surface area contributed by atoms with Gasteiger partial charge in [0.2, 0.25) is 0 Å². The summed E-state index contributed by atoms with van der Waals surface area (Å²) >= 11 is 0. The Bertz CT molecular complexity index is 1430. The number of allylic oxidation sites excluding steroid dienone is 4. The zero-order valence-electron chi connectivity index (χ0n) is 39.7. The Labute approximate surface area is 359 Å². The third-order valence-electron chi connectivity index (χ3n) is 21.2. The van der Waals surface area contributed by atoms with Gasteiger partial charge in [0.25, 0.3) is 0 Å².